The molecule has 2 aromatic rings. The fraction of sp³-hybridized carbons (Fsp3) is 0.316. The number of nitrogens with one attached hydrogen (secondary N) is 1. The fourth-order valence-corrected chi connectivity index (χ4v) is 2.21. The Morgan fingerprint density at radius 3 is 2.61 bits per heavy atom. The third-order valence-electron chi connectivity index (χ3n) is 3.86. The summed E-state index contributed by atoms with van der Waals surface area (Å²) in [6.07, 6.45) is 1.84. The highest BCUT2D eigenvalue weighted by Gasteiger charge is 2.05. The highest BCUT2D eigenvalue weighted by molar-refractivity contribution is 5.67. The van der Waals surface area contributed by atoms with Gasteiger partial charge in [-0.1, -0.05) is 18.2 Å². The first-order valence-corrected chi connectivity index (χ1v) is 7.84. The quantitative estimate of drug-likeness (QED) is 0.620. The van der Waals surface area contributed by atoms with E-state index in [-0.39, 0.29) is 5.82 Å². The van der Waals surface area contributed by atoms with E-state index >= 15 is 0 Å². The van der Waals surface area contributed by atoms with Crippen molar-refractivity contribution in [2.45, 2.75) is 27.3 Å². The Bertz CT molecular complexity index is 695. The van der Waals surface area contributed by atoms with E-state index in [1.807, 2.05) is 38.2 Å². The summed E-state index contributed by atoms with van der Waals surface area (Å²) in [5, 5.41) is 3.31. The van der Waals surface area contributed by atoms with E-state index in [0.717, 1.165) is 29.0 Å². The second-order valence-corrected chi connectivity index (χ2v) is 5.72. The molecule has 0 spiro atoms. The molecule has 0 unspecified atom stereocenters. The lowest BCUT2D eigenvalue weighted by Crippen LogP contribution is -2.14. The van der Waals surface area contributed by atoms with Crippen LogP contribution in [0.3, 0.4) is 0 Å². The monoisotopic (exact) mass is 313 g/mol. The Kier molecular flexibility index (Phi) is 5.74. The number of halogens is 1. The summed E-state index contributed by atoms with van der Waals surface area (Å²) in [4.78, 5) is 6.55. The Morgan fingerprint density at radius 2 is 1.91 bits per heavy atom. The van der Waals surface area contributed by atoms with Crippen LogP contribution in [0.5, 0.6) is 0 Å². The second-order valence-electron chi connectivity index (χ2n) is 5.72. The number of aryl methyl sites for hydroxylation is 2. The topological polar surface area (TPSA) is 27.6 Å². The first-order valence-electron chi connectivity index (χ1n) is 7.84. The van der Waals surface area contributed by atoms with Gasteiger partial charge < -0.3 is 10.2 Å². The molecule has 0 radical (unpaired) electrons. The molecule has 3 nitrogen and oxygen atoms in total. The molecule has 0 heterocycles. The van der Waals surface area contributed by atoms with Crippen LogP contribution in [0.2, 0.25) is 0 Å². The van der Waals surface area contributed by atoms with Crippen molar-refractivity contribution in [3.63, 3.8) is 0 Å². The normalized spacial score (nSPS) is 11.0. The Hall–Kier alpha value is -2.36. The molecule has 0 amide bonds. The minimum absolute atomic E-state index is 0.182. The lowest BCUT2D eigenvalue weighted by Gasteiger charge is -2.14. The summed E-state index contributed by atoms with van der Waals surface area (Å²) < 4.78 is 13.7. The molecular weight excluding hydrogens is 289 g/mol. The van der Waals surface area contributed by atoms with Crippen molar-refractivity contribution >= 4 is 17.7 Å². The lowest BCUT2D eigenvalue weighted by molar-refractivity contribution is 0.552. The van der Waals surface area contributed by atoms with E-state index < -0.39 is 0 Å². The van der Waals surface area contributed by atoms with Crippen LogP contribution >= 0.6 is 0 Å². The molecule has 0 saturated carbocycles. The van der Waals surface area contributed by atoms with Crippen LogP contribution in [0, 0.1) is 19.7 Å². The van der Waals surface area contributed by atoms with Crippen LogP contribution in [0.15, 0.2) is 41.4 Å². The number of hydrogen-bond acceptors (Lipinski definition) is 2. The highest BCUT2D eigenvalue weighted by atomic mass is 19.1. The molecule has 0 aliphatic carbocycles. The largest absolute Gasteiger partial charge is 0.381 e. The minimum Gasteiger partial charge on any atom is -0.381 e. The number of benzene rings is 2. The second kappa shape index (κ2) is 7.77. The molecule has 122 valence electrons. The van der Waals surface area contributed by atoms with Crippen molar-refractivity contribution in [1.29, 1.82) is 0 Å². The maximum atomic E-state index is 13.7. The number of anilines is 1. The standard InChI is InChI=1S/C19H24FN3/c1-5-23(4)13-22-19-11-14(2)18(10-15(19)3)21-12-16-8-6-7-9-17(16)20/h6-11,13,21H,5,12H2,1-4H3. The van der Waals surface area contributed by atoms with Gasteiger partial charge in [-0.15, -0.1) is 0 Å². The van der Waals surface area contributed by atoms with Crippen LogP contribution in [-0.4, -0.2) is 24.8 Å². The summed E-state index contributed by atoms with van der Waals surface area (Å²) in [7, 11) is 2.00. The summed E-state index contributed by atoms with van der Waals surface area (Å²) in [5.41, 5.74) is 4.81. The zero-order valence-corrected chi connectivity index (χ0v) is 14.2. The van der Waals surface area contributed by atoms with Gasteiger partial charge in [0.05, 0.1) is 12.0 Å². The minimum atomic E-state index is -0.182. The van der Waals surface area contributed by atoms with Gasteiger partial charge in [0, 0.05) is 31.4 Å². The van der Waals surface area contributed by atoms with Crippen LogP contribution in [0.4, 0.5) is 15.8 Å². The van der Waals surface area contributed by atoms with Gasteiger partial charge >= 0.3 is 0 Å². The number of nitrogens with zero attached hydrogens (tertiary/aromatic N) is 2. The van der Waals surface area contributed by atoms with E-state index in [1.165, 1.54) is 6.07 Å². The molecule has 0 fully saturated rings. The van der Waals surface area contributed by atoms with Crippen LogP contribution < -0.4 is 5.32 Å². The van der Waals surface area contributed by atoms with E-state index in [0.29, 0.717) is 12.1 Å². The van der Waals surface area contributed by atoms with Gasteiger partial charge in [-0.05, 0) is 50.1 Å². The van der Waals surface area contributed by atoms with Crippen molar-refractivity contribution in [1.82, 2.24) is 4.90 Å². The SMILES string of the molecule is CCN(C)C=Nc1cc(C)c(NCc2ccccc2F)cc1C. The van der Waals surface area contributed by atoms with Gasteiger partial charge in [0.2, 0.25) is 0 Å². The van der Waals surface area contributed by atoms with E-state index in [1.54, 1.807) is 12.1 Å². The lowest BCUT2D eigenvalue weighted by atomic mass is 10.1. The van der Waals surface area contributed by atoms with E-state index in [2.05, 4.69) is 29.4 Å². The average Bonchev–Trinajstić information content (AvgIpc) is 2.54. The maximum Gasteiger partial charge on any atom is 0.128 e. The molecule has 4 heteroatoms. The molecule has 0 bridgehead atoms. The van der Waals surface area contributed by atoms with Gasteiger partial charge in [0.1, 0.15) is 5.82 Å². The first-order chi connectivity index (χ1) is 11.0. The van der Waals surface area contributed by atoms with Crippen LogP contribution in [0.25, 0.3) is 0 Å². The molecule has 0 atom stereocenters. The summed E-state index contributed by atoms with van der Waals surface area (Å²) >= 11 is 0. The molecule has 0 saturated heterocycles. The predicted octanol–water partition coefficient (Wildman–Crippen LogP) is 4.67. The molecule has 1 N–H and O–H groups in total. The first kappa shape index (κ1) is 17.0. The third kappa shape index (κ3) is 4.55. The highest BCUT2D eigenvalue weighted by Crippen LogP contribution is 2.27. The molecule has 0 aromatic heterocycles. The van der Waals surface area contributed by atoms with Crippen molar-refractivity contribution < 1.29 is 4.39 Å². The average molecular weight is 313 g/mol. The fourth-order valence-electron chi connectivity index (χ4n) is 2.21. The molecule has 0 aliphatic heterocycles. The number of rotatable bonds is 6. The molecule has 2 aromatic carbocycles. The molecular formula is C19H24FN3. The zero-order valence-electron chi connectivity index (χ0n) is 14.2. The van der Waals surface area contributed by atoms with Crippen molar-refractivity contribution in [3.8, 4) is 0 Å². The number of aliphatic imine (C=N–C) groups is 1. The summed E-state index contributed by atoms with van der Waals surface area (Å²) in [6, 6.07) is 10.9. The third-order valence-corrected chi connectivity index (χ3v) is 3.86. The van der Waals surface area contributed by atoms with Gasteiger partial charge in [-0.3, -0.25) is 0 Å². The maximum absolute atomic E-state index is 13.7. The van der Waals surface area contributed by atoms with Crippen molar-refractivity contribution in [2.75, 3.05) is 18.9 Å². The van der Waals surface area contributed by atoms with Gasteiger partial charge in [-0.25, -0.2) is 9.38 Å². The van der Waals surface area contributed by atoms with E-state index in [9.17, 15) is 4.39 Å². The van der Waals surface area contributed by atoms with Crippen molar-refractivity contribution in [2.24, 2.45) is 4.99 Å². The van der Waals surface area contributed by atoms with Crippen LogP contribution in [0.1, 0.15) is 23.6 Å². The zero-order chi connectivity index (χ0) is 16.8. The number of hydrogen-bond donors (Lipinski definition) is 1. The van der Waals surface area contributed by atoms with Crippen molar-refractivity contribution in [3.05, 3.63) is 58.9 Å². The molecule has 2 rings (SSSR count). The Morgan fingerprint density at radius 1 is 1.17 bits per heavy atom. The van der Waals surface area contributed by atoms with Crippen LogP contribution in [-0.2, 0) is 6.54 Å². The molecule has 0 aliphatic rings. The molecule has 23 heavy (non-hydrogen) atoms. The Labute approximate surface area is 137 Å². The van der Waals surface area contributed by atoms with Gasteiger partial charge in [0.25, 0.3) is 0 Å². The van der Waals surface area contributed by atoms with E-state index in [4.69, 9.17) is 0 Å². The van der Waals surface area contributed by atoms with Gasteiger partial charge in [-0.2, -0.15) is 0 Å². The summed E-state index contributed by atoms with van der Waals surface area (Å²) in [5.74, 6) is -0.182. The Balaban J connectivity index is 2.14. The summed E-state index contributed by atoms with van der Waals surface area (Å²) in [6.45, 7) is 7.54. The smallest absolute Gasteiger partial charge is 0.128 e. The van der Waals surface area contributed by atoms with Gasteiger partial charge in [0.15, 0.2) is 0 Å². The predicted molar refractivity (Wildman–Crippen MR) is 96.1 cm³/mol.